The fraction of sp³-hybridized carbons (Fsp3) is 0.348. The molecule has 4 rings (SSSR count). The maximum atomic E-state index is 13.5. The summed E-state index contributed by atoms with van der Waals surface area (Å²) in [5.74, 6) is 0. The molecule has 10 heteroatoms. The van der Waals surface area contributed by atoms with E-state index in [1.54, 1.807) is 36.7 Å². The van der Waals surface area contributed by atoms with Gasteiger partial charge in [-0.25, -0.2) is 21.5 Å². The standard InChI is InChI=1S/C23H28N4O4S2/c1-17-10-11-22(16-18(17)2)32(28,29)25-12-14-26(15-13-25)33(30,31)23-19(3)24-27(20(23)4)21-8-6-5-7-9-21/h5-11,16H,12-15H2,1-4H3. The highest BCUT2D eigenvalue weighted by atomic mass is 32.2. The topological polar surface area (TPSA) is 92.6 Å². The van der Waals surface area contributed by atoms with E-state index in [4.69, 9.17) is 0 Å². The number of benzene rings is 2. The van der Waals surface area contributed by atoms with Crippen LogP contribution >= 0.6 is 0 Å². The van der Waals surface area contributed by atoms with Crippen LogP contribution < -0.4 is 0 Å². The van der Waals surface area contributed by atoms with E-state index in [1.165, 1.54) is 8.61 Å². The molecular weight excluding hydrogens is 460 g/mol. The largest absolute Gasteiger partial charge is 0.246 e. The summed E-state index contributed by atoms with van der Waals surface area (Å²) < 4.78 is 57.5. The Morgan fingerprint density at radius 3 is 1.88 bits per heavy atom. The Kier molecular flexibility index (Phi) is 6.21. The number of nitrogens with zero attached hydrogens (tertiary/aromatic N) is 4. The van der Waals surface area contributed by atoms with Gasteiger partial charge in [0.15, 0.2) is 0 Å². The lowest BCUT2D eigenvalue weighted by atomic mass is 10.1. The predicted octanol–water partition coefficient (Wildman–Crippen LogP) is 2.80. The third-order valence-electron chi connectivity index (χ3n) is 6.14. The first-order valence-electron chi connectivity index (χ1n) is 10.7. The molecule has 0 aliphatic carbocycles. The first-order valence-corrected chi connectivity index (χ1v) is 13.6. The number of sulfonamides is 2. The van der Waals surface area contributed by atoms with E-state index in [0.717, 1.165) is 16.8 Å². The zero-order valence-electron chi connectivity index (χ0n) is 19.2. The first kappa shape index (κ1) is 23.6. The molecule has 0 amide bonds. The maximum Gasteiger partial charge on any atom is 0.246 e. The van der Waals surface area contributed by atoms with Crippen molar-refractivity contribution < 1.29 is 16.8 Å². The van der Waals surface area contributed by atoms with Gasteiger partial charge in [-0.05, 0) is 63.1 Å². The number of aromatic nitrogens is 2. The molecule has 0 N–H and O–H groups in total. The summed E-state index contributed by atoms with van der Waals surface area (Å²) in [5.41, 5.74) is 3.65. The summed E-state index contributed by atoms with van der Waals surface area (Å²) >= 11 is 0. The number of rotatable bonds is 5. The second-order valence-corrected chi connectivity index (χ2v) is 12.1. The van der Waals surface area contributed by atoms with Gasteiger partial charge in [-0.15, -0.1) is 0 Å². The van der Waals surface area contributed by atoms with Crippen molar-refractivity contribution in [2.75, 3.05) is 26.2 Å². The van der Waals surface area contributed by atoms with Crippen LogP contribution in [0.25, 0.3) is 5.69 Å². The lowest BCUT2D eigenvalue weighted by Gasteiger charge is -2.33. The van der Waals surface area contributed by atoms with Gasteiger partial charge < -0.3 is 0 Å². The Labute approximate surface area is 195 Å². The minimum atomic E-state index is -3.83. The van der Waals surface area contributed by atoms with Crippen LogP contribution in [0.4, 0.5) is 0 Å². The summed E-state index contributed by atoms with van der Waals surface area (Å²) in [6, 6.07) is 14.4. The third kappa shape index (κ3) is 4.23. The zero-order valence-corrected chi connectivity index (χ0v) is 20.8. The second kappa shape index (κ2) is 8.68. The highest BCUT2D eigenvalue weighted by Crippen LogP contribution is 2.28. The van der Waals surface area contributed by atoms with Crippen LogP contribution in [0, 0.1) is 27.7 Å². The summed E-state index contributed by atoms with van der Waals surface area (Å²) in [5, 5.41) is 4.46. The van der Waals surface area contributed by atoms with E-state index in [-0.39, 0.29) is 36.0 Å². The summed E-state index contributed by atoms with van der Waals surface area (Å²) in [6.45, 7) is 7.58. The van der Waals surface area contributed by atoms with Crippen molar-refractivity contribution in [2.24, 2.45) is 0 Å². The minimum absolute atomic E-state index is 0.0851. The van der Waals surface area contributed by atoms with Crippen molar-refractivity contribution in [1.82, 2.24) is 18.4 Å². The quantitative estimate of drug-likeness (QED) is 0.551. The highest BCUT2D eigenvalue weighted by molar-refractivity contribution is 7.89. The maximum absolute atomic E-state index is 13.5. The molecule has 0 atom stereocenters. The fourth-order valence-corrected chi connectivity index (χ4v) is 7.41. The molecule has 0 spiro atoms. The molecule has 0 saturated carbocycles. The smallest absolute Gasteiger partial charge is 0.236 e. The Balaban J connectivity index is 1.57. The summed E-state index contributed by atoms with van der Waals surface area (Å²) in [4.78, 5) is 0.412. The van der Waals surface area contributed by atoms with Gasteiger partial charge in [0.25, 0.3) is 0 Å². The lowest BCUT2D eigenvalue weighted by Crippen LogP contribution is -2.50. The first-order chi connectivity index (χ1) is 15.5. The molecule has 176 valence electrons. The van der Waals surface area contributed by atoms with E-state index in [0.29, 0.717) is 11.4 Å². The molecular formula is C23H28N4O4S2. The molecule has 1 aliphatic rings. The van der Waals surface area contributed by atoms with Gasteiger partial charge in [0.1, 0.15) is 4.90 Å². The van der Waals surface area contributed by atoms with Crippen molar-refractivity contribution in [2.45, 2.75) is 37.5 Å². The molecule has 8 nitrogen and oxygen atoms in total. The SMILES string of the molecule is Cc1ccc(S(=O)(=O)N2CCN(S(=O)(=O)c3c(C)nn(-c4ccccc4)c3C)CC2)cc1C. The van der Waals surface area contributed by atoms with Gasteiger partial charge in [0.05, 0.1) is 22.0 Å². The Morgan fingerprint density at radius 1 is 0.727 bits per heavy atom. The van der Waals surface area contributed by atoms with Gasteiger partial charge >= 0.3 is 0 Å². The van der Waals surface area contributed by atoms with E-state index < -0.39 is 20.0 Å². The molecule has 1 aliphatic heterocycles. The minimum Gasteiger partial charge on any atom is -0.236 e. The van der Waals surface area contributed by atoms with Crippen LogP contribution in [0.3, 0.4) is 0 Å². The average molecular weight is 489 g/mol. The van der Waals surface area contributed by atoms with E-state index in [1.807, 2.05) is 44.2 Å². The Bertz CT molecular complexity index is 1390. The highest BCUT2D eigenvalue weighted by Gasteiger charge is 2.36. The Hall–Kier alpha value is -2.53. The van der Waals surface area contributed by atoms with Gasteiger partial charge in [-0.1, -0.05) is 24.3 Å². The molecule has 33 heavy (non-hydrogen) atoms. The number of para-hydroxylation sites is 1. The molecule has 0 unspecified atom stereocenters. The van der Waals surface area contributed by atoms with E-state index in [9.17, 15) is 16.8 Å². The van der Waals surface area contributed by atoms with Crippen molar-refractivity contribution >= 4 is 20.0 Å². The van der Waals surface area contributed by atoms with Gasteiger partial charge in [0, 0.05) is 26.2 Å². The molecule has 2 heterocycles. The van der Waals surface area contributed by atoms with Crippen LogP contribution in [0.2, 0.25) is 0 Å². The number of hydrogen-bond donors (Lipinski definition) is 0. The lowest BCUT2D eigenvalue weighted by molar-refractivity contribution is 0.272. The van der Waals surface area contributed by atoms with Gasteiger partial charge in [-0.2, -0.15) is 13.7 Å². The van der Waals surface area contributed by atoms with Crippen LogP contribution in [0.1, 0.15) is 22.5 Å². The number of aryl methyl sites for hydroxylation is 3. The zero-order chi connectivity index (χ0) is 24.0. The van der Waals surface area contributed by atoms with Gasteiger partial charge in [-0.3, -0.25) is 0 Å². The molecule has 1 fully saturated rings. The van der Waals surface area contributed by atoms with Crippen molar-refractivity contribution in [3.8, 4) is 5.69 Å². The van der Waals surface area contributed by atoms with Gasteiger partial charge in [0.2, 0.25) is 20.0 Å². The Morgan fingerprint density at radius 2 is 1.30 bits per heavy atom. The fourth-order valence-electron chi connectivity index (χ4n) is 4.13. The molecule has 3 aromatic rings. The average Bonchev–Trinajstić information content (AvgIpc) is 3.10. The van der Waals surface area contributed by atoms with Crippen molar-refractivity contribution in [3.63, 3.8) is 0 Å². The predicted molar refractivity (Wildman–Crippen MR) is 126 cm³/mol. The van der Waals surface area contributed by atoms with Crippen molar-refractivity contribution in [3.05, 3.63) is 71.0 Å². The second-order valence-electron chi connectivity index (χ2n) is 8.30. The molecule has 0 bridgehead atoms. The van der Waals surface area contributed by atoms with Crippen LogP contribution in [-0.4, -0.2) is 61.4 Å². The number of hydrogen-bond acceptors (Lipinski definition) is 5. The molecule has 1 saturated heterocycles. The van der Waals surface area contributed by atoms with Crippen molar-refractivity contribution in [1.29, 1.82) is 0 Å². The summed E-state index contributed by atoms with van der Waals surface area (Å²) in [7, 11) is -7.52. The summed E-state index contributed by atoms with van der Waals surface area (Å²) in [6.07, 6.45) is 0. The number of piperazine rings is 1. The van der Waals surface area contributed by atoms with Crippen LogP contribution in [0.15, 0.2) is 58.3 Å². The van der Waals surface area contributed by atoms with Crippen LogP contribution in [0.5, 0.6) is 0 Å². The van der Waals surface area contributed by atoms with E-state index in [2.05, 4.69) is 5.10 Å². The van der Waals surface area contributed by atoms with Crippen LogP contribution in [-0.2, 0) is 20.0 Å². The molecule has 2 aromatic carbocycles. The third-order valence-corrected chi connectivity index (χ3v) is 10.2. The molecule has 1 aromatic heterocycles. The molecule has 0 radical (unpaired) electrons. The normalized spacial score (nSPS) is 16.2. The monoisotopic (exact) mass is 488 g/mol. The van der Waals surface area contributed by atoms with E-state index >= 15 is 0 Å².